The normalized spacial score (nSPS) is 9.95. The van der Waals surface area contributed by atoms with Crippen molar-refractivity contribution in [3.05, 3.63) is 60.4 Å². The highest BCUT2D eigenvalue weighted by atomic mass is 32.2. The summed E-state index contributed by atoms with van der Waals surface area (Å²) in [4.78, 5) is 19.3. The molecule has 0 N–H and O–H groups in total. The van der Waals surface area contributed by atoms with Crippen LogP contribution in [-0.4, -0.2) is 28.1 Å². The van der Waals surface area contributed by atoms with E-state index in [9.17, 15) is 4.79 Å². The fourth-order valence-electron chi connectivity index (χ4n) is 1.94. The Labute approximate surface area is 134 Å². The van der Waals surface area contributed by atoms with Gasteiger partial charge in [0.25, 0.3) is 0 Å². The molecule has 0 radical (unpaired) electrons. The highest BCUT2D eigenvalue weighted by Crippen LogP contribution is 2.18. The zero-order valence-corrected chi connectivity index (χ0v) is 13.0. The van der Waals surface area contributed by atoms with Crippen LogP contribution in [0.15, 0.2) is 59.8 Å². The van der Waals surface area contributed by atoms with Gasteiger partial charge in [-0.1, -0.05) is 24.3 Å². The van der Waals surface area contributed by atoms with E-state index in [0.29, 0.717) is 25.3 Å². The van der Waals surface area contributed by atoms with E-state index in [-0.39, 0.29) is 5.91 Å². The van der Waals surface area contributed by atoms with Crippen molar-refractivity contribution >= 4 is 17.7 Å². The lowest BCUT2D eigenvalue weighted by atomic mass is 10.2. The molecule has 2 rings (SSSR count). The first-order valence-electron chi connectivity index (χ1n) is 7.01. The second-order valence-electron chi connectivity index (χ2n) is 4.69. The van der Waals surface area contributed by atoms with E-state index in [4.69, 9.17) is 5.26 Å². The SMILES string of the molecule is N#CCCN(Cc1cccnc1)C(=O)CSc1ccccc1. The average Bonchev–Trinajstić information content (AvgIpc) is 2.58. The summed E-state index contributed by atoms with van der Waals surface area (Å²) in [6.07, 6.45) is 3.79. The maximum absolute atomic E-state index is 12.4. The van der Waals surface area contributed by atoms with Crippen molar-refractivity contribution in [2.45, 2.75) is 17.9 Å². The molecule has 0 saturated heterocycles. The summed E-state index contributed by atoms with van der Waals surface area (Å²) < 4.78 is 0. The molecule has 0 aliphatic rings. The molecule has 2 aromatic rings. The molecule has 0 saturated carbocycles. The zero-order chi connectivity index (χ0) is 15.6. The quantitative estimate of drug-likeness (QED) is 0.737. The molecule has 1 aromatic carbocycles. The van der Waals surface area contributed by atoms with Crippen LogP contribution in [0.1, 0.15) is 12.0 Å². The first kappa shape index (κ1) is 16.1. The van der Waals surface area contributed by atoms with Gasteiger partial charge in [-0.25, -0.2) is 0 Å². The van der Waals surface area contributed by atoms with Gasteiger partial charge in [-0.15, -0.1) is 11.8 Å². The standard InChI is InChI=1S/C17H17N3OS/c18-9-5-11-20(13-15-6-4-10-19-12-15)17(21)14-22-16-7-2-1-3-8-16/h1-4,6-8,10,12H,5,11,13-14H2. The van der Waals surface area contributed by atoms with E-state index < -0.39 is 0 Å². The lowest BCUT2D eigenvalue weighted by molar-refractivity contribution is -0.128. The van der Waals surface area contributed by atoms with Gasteiger partial charge >= 0.3 is 0 Å². The maximum Gasteiger partial charge on any atom is 0.233 e. The number of pyridine rings is 1. The highest BCUT2D eigenvalue weighted by molar-refractivity contribution is 8.00. The Morgan fingerprint density at radius 2 is 2.05 bits per heavy atom. The minimum Gasteiger partial charge on any atom is -0.337 e. The third kappa shape index (κ3) is 5.23. The van der Waals surface area contributed by atoms with Gasteiger partial charge in [0.1, 0.15) is 0 Å². The number of amides is 1. The summed E-state index contributed by atoms with van der Waals surface area (Å²) in [5, 5.41) is 8.77. The first-order chi connectivity index (χ1) is 10.8. The van der Waals surface area contributed by atoms with Gasteiger partial charge in [-0.3, -0.25) is 9.78 Å². The Morgan fingerprint density at radius 1 is 1.23 bits per heavy atom. The van der Waals surface area contributed by atoms with Crippen molar-refractivity contribution in [2.75, 3.05) is 12.3 Å². The zero-order valence-electron chi connectivity index (χ0n) is 12.2. The summed E-state index contributed by atoms with van der Waals surface area (Å²) >= 11 is 1.51. The monoisotopic (exact) mass is 311 g/mol. The van der Waals surface area contributed by atoms with Gasteiger partial charge in [-0.2, -0.15) is 5.26 Å². The van der Waals surface area contributed by atoms with Gasteiger partial charge in [0, 0.05) is 30.4 Å². The smallest absolute Gasteiger partial charge is 0.233 e. The molecule has 0 fully saturated rings. The molecule has 22 heavy (non-hydrogen) atoms. The predicted molar refractivity (Wildman–Crippen MR) is 87.1 cm³/mol. The lowest BCUT2D eigenvalue weighted by Crippen LogP contribution is -2.32. The molecule has 0 aliphatic carbocycles. The predicted octanol–water partition coefficient (Wildman–Crippen LogP) is 3.12. The molecule has 112 valence electrons. The highest BCUT2D eigenvalue weighted by Gasteiger charge is 2.14. The topological polar surface area (TPSA) is 57.0 Å². The van der Waals surface area contributed by atoms with E-state index in [1.54, 1.807) is 17.3 Å². The van der Waals surface area contributed by atoms with Crippen LogP contribution in [0.5, 0.6) is 0 Å². The molecule has 0 atom stereocenters. The average molecular weight is 311 g/mol. The second-order valence-corrected chi connectivity index (χ2v) is 5.74. The number of thioether (sulfide) groups is 1. The van der Waals surface area contributed by atoms with Crippen LogP contribution in [0.3, 0.4) is 0 Å². The van der Waals surface area contributed by atoms with Crippen molar-refractivity contribution in [1.82, 2.24) is 9.88 Å². The molecule has 1 amide bonds. The number of benzene rings is 1. The van der Waals surface area contributed by atoms with Crippen LogP contribution in [0, 0.1) is 11.3 Å². The fourth-order valence-corrected chi connectivity index (χ4v) is 2.76. The Kier molecular flexibility index (Phi) is 6.46. The summed E-state index contributed by atoms with van der Waals surface area (Å²) in [5.41, 5.74) is 0.971. The van der Waals surface area contributed by atoms with Crippen LogP contribution in [0.4, 0.5) is 0 Å². The molecule has 1 heterocycles. The van der Waals surface area contributed by atoms with Gasteiger partial charge in [0.15, 0.2) is 0 Å². The van der Waals surface area contributed by atoms with Gasteiger partial charge in [0.05, 0.1) is 18.2 Å². The van der Waals surface area contributed by atoms with Gasteiger partial charge in [0.2, 0.25) is 5.91 Å². The second kappa shape index (κ2) is 8.85. The molecule has 0 bridgehead atoms. The van der Waals surface area contributed by atoms with E-state index in [1.807, 2.05) is 42.5 Å². The minimum absolute atomic E-state index is 0.0351. The summed E-state index contributed by atoms with van der Waals surface area (Å²) in [6, 6.07) is 15.7. The number of aromatic nitrogens is 1. The lowest BCUT2D eigenvalue weighted by Gasteiger charge is -2.21. The molecule has 0 unspecified atom stereocenters. The van der Waals surface area contributed by atoms with Crippen molar-refractivity contribution in [3.8, 4) is 6.07 Å². The van der Waals surface area contributed by atoms with Crippen LogP contribution in [-0.2, 0) is 11.3 Å². The van der Waals surface area contributed by atoms with Gasteiger partial charge in [-0.05, 0) is 23.8 Å². The Bertz CT molecular complexity index is 625. The Morgan fingerprint density at radius 3 is 2.73 bits per heavy atom. The maximum atomic E-state index is 12.4. The number of nitriles is 1. The van der Waals surface area contributed by atoms with Crippen LogP contribution in [0.25, 0.3) is 0 Å². The largest absolute Gasteiger partial charge is 0.337 e. The molecule has 5 heteroatoms. The van der Waals surface area contributed by atoms with E-state index >= 15 is 0 Å². The molecule has 0 aliphatic heterocycles. The fraction of sp³-hybridized carbons (Fsp3) is 0.235. The minimum atomic E-state index is 0.0351. The van der Waals surface area contributed by atoms with Crippen LogP contribution >= 0.6 is 11.8 Å². The van der Waals surface area contributed by atoms with E-state index in [0.717, 1.165) is 10.5 Å². The van der Waals surface area contributed by atoms with E-state index in [2.05, 4.69) is 11.1 Å². The number of rotatable bonds is 7. The number of hydrogen-bond donors (Lipinski definition) is 0. The number of carbonyl (C=O) groups excluding carboxylic acids is 1. The number of hydrogen-bond acceptors (Lipinski definition) is 4. The Hall–Kier alpha value is -2.32. The number of carbonyl (C=O) groups is 1. The van der Waals surface area contributed by atoms with Crippen molar-refractivity contribution in [3.63, 3.8) is 0 Å². The third-order valence-electron chi connectivity index (χ3n) is 3.05. The molecular weight excluding hydrogens is 294 g/mol. The summed E-state index contributed by atoms with van der Waals surface area (Å²) in [6.45, 7) is 0.934. The van der Waals surface area contributed by atoms with Crippen molar-refractivity contribution < 1.29 is 4.79 Å². The molecule has 4 nitrogen and oxygen atoms in total. The summed E-state index contributed by atoms with van der Waals surface area (Å²) in [5.74, 6) is 0.406. The third-order valence-corrected chi connectivity index (χ3v) is 4.04. The van der Waals surface area contributed by atoms with Crippen LogP contribution < -0.4 is 0 Å². The Balaban J connectivity index is 1.95. The van der Waals surface area contributed by atoms with Gasteiger partial charge < -0.3 is 4.90 Å². The first-order valence-corrected chi connectivity index (χ1v) is 7.99. The van der Waals surface area contributed by atoms with Crippen molar-refractivity contribution in [2.24, 2.45) is 0 Å². The summed E-state index contributed by atoms with van der Waals surface area (Å²) in [7, 11) is 0. The molecule has 0 spiro atoms. The van der Waals surface area contributed by atoms with Crippen LogP contribution in [0.2, 0.25) is 0 Å². The molecule has 1 aromatic heterocycles. The number of nitrogens with zero attached hydrogens (tertiary/aromatic N) is 3. The van der Waals surface area contributed by atoms with E-state index in [1.165, 1.54) is 11.8 Å². The van der Waals surface area contributed by atoms with Crippen molar-refractivity contribution in [1.29, 1.82) is 5.26 Å². The molecular formula is C17H17N3OS.